The van der Waals surface area contributed by atoms with Crippen LogP contribution in [-0.2, 0) is 23.9 Å². The van der Waals surface area contributed by atoms with Gasteiger partial charge in [-0.25, -0.2) is 9.59 Å². The molecule has 0 radical (unpaired) electrons. The fourth-order valence-electron chi connectivity index (χ4n) is 2.40. The molecule has 0 bridgehead atoms. The minimum atomic E-state index is -1.51. The summed E-state index contributed by atoms with van der Waals surface area (Å²) in [5.74, 6) is -4.45. The third-order valence-electron chi connectivity index (χ3n) is 4.00. The summed E-state index contributed by atoms with van der Waals surface area (Å²) in [5.41, 5.74) is -0.153. The van der Waals surface area contributed by atoms with Crippen LogP contribution in [0.2, 0.25) is 10.0 Å². The fourth-order valence-corrected chi connectivity index (χ4v) is 2.96. The molecule has 0 aliphatic heterocycles. The lowest BCUT2D eigenvalue weighted by atomic mass is 10.0. The first-order valence-corrected chi connectivity index (χ1v) is 9.74. The van der Waals surface area contributed by atoms with Crippen LogP contribution in [0.15, 0.2) is 18.2 Å². The quantitative estimate of drug-likeness (QED) is 0.434. The van der Waals surface area contributed by atoms with Gasteiger partial charge < -0.3 is 25.2 Å². The van der Waals surface area contributed by atoms with Gasteiger partial charge in [0.1, 0.15) is 12.1 Å². The van der Waals surface area contributed by atoms with E-state index in [0.717, 1.165) is 7.11 Å². The Morgan fingerprint density at radius 2 is 1.65 bits per heavy atom. The summed E-state index contributed by atoms with van der Waals surface area (Å²) in [4.78, 5) is 59.7. The molecule has 0 aliphatic rings. The third kappa shape index (κ3) is 8.06. The second-order valence-electron chi connectivity index (χ2n) is 6.66. The highest BCUT2D eigenvalue weighted by molar-refractivity contribution is 6.39. The van der Waals surface area contributed by atoms with Crippen LogP contribution in [0.3, 0.4) is 0 Å². The van der Waals surface area contributed by atoms with E-state index in [1.54, 1.807) is 13.8 Å². The number of esters is 1. The molecule has 1 aromatic rings. The van der Waals surface area contributed by atoms with Crippen molar-refractivity contribution in [1.29, 1.82) is 0 Å². The molecule has 2 atom stereocenters. The van der Waals surface area contributed by atoms with Crippen LogP contribution < -0.4 is 10.6 Å². The maximum atomic E-state index is 12.5. The van der Waals surface area contributed by atoms with Crippen molar-refractivity contribution in [2.75, 3.05) is 13.7 Å². The number of carbonyl (C=O) groups is 5. The van der Waals surface area contributed by atoms with Gasteiger partial charge in [0.25, 0.3) is 0 Å². The number of aliphatic carboxylic acids is 1. The van der Waals surface area contributed by atoms with Crippen LogP contribution in [0.4, 0.5) is 4.79 Å². The molecule has 0 aliphatic carbocycles. The number of methoxy groups -OCH3 is 1. The zero-order chi connectivity index (χ0) is 23.7. The minimum absolute atomic E-state index is 0.00833. The standard InChI is InChI=1S/C19H22Cl2N2O8/c1-9(2)16(23-19(29)30-3)17(27)22-12(7-14(25)26)13(24)8-31-18(28)15-10(20)5-4-6-11(15)21/h4-6,9,12,16H,7-8H2,1-3H3,(H,22,27)(H,23,29)(H,25,26)/t12-,16-/m0/s1. The molecule has 0 unspecified atom stereocenters. The summed E-state index contributed by atoms with van der Waals surface area (Å²) >= 11 is 11.8. The predicted octanol–water partition coefficient (Wildman–Crippen LogP) is 2.06. The van der Waals surface area contributed by atoms with Crippen molar-refractivity contribution in [2.24, 2.45) is 5.92 Å². The van der Waals surface area contributed by atoms with Gasteiger partial charge in [0.2, 0.25) is 5.91 Å². The molecule has 170 valence electrons. The van der Waals surface area contributed by atoms with Crippen LogP contribution in [0.5, 0.6) is 0 Å². The average molecular weight is 477 g/mol. The first kappa shape index (κ1) is 26.2. The number of carboxylic acids is 1. The predicted molar refractivity (Wildman–Crippen MR) is 110 cm³/mol. The largest absolute Gasteiger partial charge is 0.481 e. The molecule has 10 nitrogen and oxygen atoms in total. The Morgan fingerprint density at radius 3 is 2.13 bits per heavy atom. The van der Waals surface area contributed by atoms with Gasteiger partial charge in [0.05, 0.1) is 29.1 Å². The average Bonchev–Trinajstić information content (AvgIpc) is 2.68. The summed E-state index contributed by atoms with van der Waals surface area (Å²) in [6, 6.07) is 1.71. The molecular formula is C19H22Cl2N2O8. The third-order valence-corrected chi connectivity index (χ3v) is 4.63. The van der Waals surface area contributed by atoms with Gasteiger partial charge >= 0.3 is 18.0 Å². The highest BCUT2D eigenvalue weighted by atomic mass is 35.5. The van der Waals surface area contributed by atoms with Gasteiger partial charge in [0, 0.05) is 0 Å². The fraction of sp³-hybridized carbons (Fsp3) is 0.421. The Morgan fingerprint density at radius 1 is 1.06 bits per heavy atom. The van der Waals surface area contributed by atoms with Gasteiger partial charge in [-0.2, -0.15) is 0 Å². The van der Waals surface area contributed by atoms with E-state index in [1.807, 2.05) is 0 Å². The number of halogens is 2. The van der Waals surface area contributed by atoms with Crippen LogP contribution in [0, 0.1) is 5.92 Å². The molecule has 0 spiro atoms. The lowest BCUT2D eigenvalue weighted by molar-refractivity contribution is -0.141. The van der Waals surface area contributed by atoms with E-state index in [9.17, 15) is 24.0 Å². The number of Topliss-reactive ketones (excluding diaryl/α,β-unsaturated/α-hetero) is 1. The summed E-state index contributed by atoms with van der Waals surface area (Å²) in [6.07, 6.45) is -1.64. The van der Waals surface area contributed by atoms with Gasteiger partial charge in [-0.1, -0.05) is 43.1 Å². The van der Waals surface area contributed by atoms with Crippen molar-refractivity contribution in [3.05, 3.63) is 33.8 Å². The first-order chi connectivity index (χ1) is 14.5. The Hall–Kier alpha value is -2.85. The summed E-state index contributed by atoms with van der Waals surface area (Å²) in [6.45, 7) is 2.42. The van der Waals surface area contributed by atoms with Crippen molar-refractivity contribution in [2.45, 2.75) is 32.4 Å². The zero-order valence-electron chi connectivity index (χ0n) is 16.9. The molecule has 0 heterocycles. The lowest BCUT2D eigenvalue weighted by Gasteiger charge is -2.24. The summed E-state index contributed by atoms with van der Waals surface area (Å²) < 4.78 is 9.35. The van der Waals surface area contributed by atoms with Crippen molar-refractivity contribution in [3.8, 4) is 0 Å². The Kier molecular flexibility index (Phi) is 10.2. The molecule has 0 aromatic heterocycles. The van der Waals surface area contributed by atoms with Crippen molar-refractivity contribution < 1.29 is 38.6 Å². The number of ketones is 1. The molecule has 1 aromatic carbocycles. The van der Waals surface area contributed by atoms with E-state index in [4.69, 9.17) is 33.0 Å². The Bertz CT molecular complexity index is 839. The number of hydrogen-bond acceptors (Lipinski definition) is 7. The van der Waals surface area contributed by atoms with Gasteiger partial charge in [-0.15, -0.1) is 0 Å². The van der Waals surface area contributed by atoms with Crippen molar-refractivity contribution in [1.82, 2.24) is 10.6 Å². The highest BCUT2D eigenvalue weighted by Crippen LogP contribution is 2.24. The molecule has 31 heavy (non-hydrogen) atoms. The zero-order valence-corrected chi connectivity index (χ0v) is 18.5. The van der Waals surface area contributed by atoms with Crippen molar-refractivity contribution >= 4 is 52.9 Å². The smallest absolute Gasteiger partial charge is 0.407 e. The first-order valence-electron chi connectivity index (χ1n) is 8.98. The number of hydrogen-bond donors (Lipinski definition) is 3. The van der Waals surface area contributed by atoms with Gasteiger partial charge in [0.15, 0.2) is 12.4 Å². The molecular weight excluding hydrogens is 455 g/mol. The normalized spacial score (nSPS) is 12.5. The summed E-state index contributed by atoms with van der Waals surface area (Å²) in [5, 5.41) is 13.6. The van der Waals surface area contributed by atoms with E-state index >= 15 is 0 Å². The number of alkyl carbamates (subject to hydrolysis) is 1. The number of carboxylic acid groups (broad SMARTS) is 1. The van der Waals surface area contributed by atoms with Gasteiger partial charge in [-0.3, -0.25) is 14.4 Å². The van der Waals surface area contributed by atoms with E-state index in [1.165, 1.54) is 18.2 Å². The topological polar surface area (TPSA) is 148 Å². The summed E-state index contributed by atoms with van der Waals surface area (Å²) in [7, 11) is 1.11. The molecule has 12 heteroatoms. The Labute approximate surface area is 188 Å². The molecule has 2 amide bonds. The van der Waals surface area contributed by atoms with Crippen molar-refractivity contribution in [3.63, 3.8) is 0 Å². The molecule has 3 N–H and O–H groups in total. The number of rotatable bonds is 10. The van der Waals surface area contributed by atoms with Crippen LogP contribution in [0.1, 0.15) is 30.6 Å². The van der Waals surface area contributed by atoms with E-state index < -0.39 is 60.8 Å². The monoisotopic (exact) mass is 476 g/mol. The second-order valence-corrected chi connectivity index (χ2v) is 7.47. The highest BCUT2D eigenvalue weighted by Gasteiger charge is 2.31. The maximum Gasteiger partial charge on any atom is 0.407 e. The molecule has 1 rings (SSSR count). The molecule has 0 saturated carbocycles. The van der Waals surface area contributed by atoms with E-state index in [0.29, 0.717) is 0 Å². The molecule has 0 saturated heterocycles. The molecule has 0 fully saturated rings. The van der Waals surface area contributed by atoms with Crippen LogP contribution >= 0.6 is 23.2 Å². The Balaban J connectivity index is 2.89. The van der Waals surface area contributed by atoms with E-state index in [2.05, 4.69) is 15.4 Å². The number of carbonyl (C=O) groups excluding carboxylic acids is 4. The second kappa shape index (κ2) is 12.1. The number of amides is 2. The van der Waals surface area contributed by atoms with Crippen LogP contribution in [-0.4, -0.2) is 60.6 Å². The van der Waals surface area contributed by atoms with Crippen LogP contribution in [0.25, 0.3) is 0 Å². The minimum Gasteiger partial charge on any atom is -0.481 e. The lowest BCUT2D eigenvalue weighted by Crippen LogP contribution is -2.54. The van der Waals surface area contributed by atoms with Gasteiger partial charge in [-0.05, 0) is 18.1 Å². The SMILES string of the molecule is COC(=O)N[C@H](C(=O)N[C@@H](CC(=O)O)C(=O)COC(=O)c1c(Cl)cccc1Cl)C(C)C. The van der Waals surface area contributed by atoms with E-state index in [-0.39, 0.29) is 15.6 Å². The number of ether oxygens (including phenoxy) is 2. The number of nitrogens with one attached hydrogen (secondary N) is 2. The maximum absolute atomic E-state index is 12.5. The number of benzene rings is 1.